The molecule has 0 amide bonds. The highest BCUT2D eigenvalue weighted by atomic mass is 19.4. The molecule has 0 saturated carbocycles. The molecule has 0 saturated heterocycles. The summed E-state index contributed by atoms with van der Waals surface area (Å²) in [5, 5.41) is 10.3. The monoisotopic (exact) mass is 303 g/mol. The number of aliphatic hydroxyl groups excluding tert-OH is 1. The lowest BCUT2D eigenvalue weighted by Crippen LogP contribution is -2.27. The first-order valence-electron chi connectivity index (χ1n) is 7.53. The fourth-order valence-corrected chi connectivity index (χ4v) is 3.31. The number of aryl methyl sites for hydroxylation is 1. The van der Waals surface area contributed by atoms with Crippen LogP contribution in [0.4, 0.5) is 13.2 Å². The van der Waals surface area contributed by atoms with Crippen molar-refractivity contribution in [3.63, 3.8) is 0 Å². The fraction of sp³-hybridized carbons (Fsp3) is 0.750. The average molecular weight is 303 g/mol. The van der Waals surface area contributed by atoms with Crippen LogP contribution in [0.1, 0.15) is 62.6 Å². The van der Waals surface area contributed by atoms with Gasteiger partial charge < -0.3 is 9.67 Å². The minimum Gasteiger partial charge on any atom is -0.388 e. The predicted molar refractivity (Wildman–Crippen MR) is 76.1 cm³/mol. The molecule has 0 aliphatic heterocycles. The number of aliphatic hydroxyl groups is 1. The van der Waals surface area contributed by atoms with Gasteiger partial charge in [0.25, 0.3) is 0 Å². The van der Waals surface area contributed by atoms with E-state index in [1.807, 2.05) is 13.0 Å². The molecular formula is C16H24F3NO. The van der Waals surface area contributed by atoms with Gasteiger partial charge in [-0.05, 0) is 44.1 Å². The average Bonchev–Trinajstić information content (AvgIpc) is 2.59. The van der Waals surface area contributed by atoms with Gasteiger partial charge >= 0.3 is 6.18 Å². The molecule has 21 heavy (non-hydrogen) atoms. The number of halogens is 3. The van der Waals surface area contributed by atoms with Crippen LogP contribution in [0.3, 0.4) is 0 Å². The van der Waals surface area contributed by atoms with Gasteiger partial charge in [0.2, 0.25) is 0 Å². The zero-order valence-electron chi connectivity index (χ0n) is 12.9. The van der Waals surface area contributed by atoms with E-state index in [1.165, 1.54) is 0 Å². The minimum absolute atomic E-state index is 0.0287. The zero-order chi connectivity index (χ0) is 15.8. The summed E-state index contributed by atoms with van der Waals surface area (Å²) in [5.74, 6) is 0. The predicted octanol–water partition coefficient (Wildman–Crippen LogP) is 4.53. The minimum atomic E-state index is -4.07. The Balaban J connectivity index is 2.08. The molecule has 120 valence electrons. The van der Waals surface area contributed by atoms with E-state index >= 15 is 0 Å². The molecule has 1 N–H and O–H groups in total. The normalized spacial score (nSPS) is 21.4. The first kappa shape index (κ1) is 16.4. The summed E-state index contributed by atoms with van der Waals surface area (Å²) in [4.78, 5) is 0. The van der Waals surface area contributed by atoms with Crippen LogP contribution in [0.25, 0.3) is 0 Å². The Hall–Kier alpha value is -0.970. The Morgan fingerprint density at radius 1 is 1.33 bits per heavy atom. The number of fused-ring (bicyclic) bond motifs is 1. The first-order valence-corrected chi connectivity index (χ1v) is 7.53. The highest BCUT2D eigenvalue weighted by molar-refractivity contribution is 5.33. The maximum Gasteiger partial charge on any atom is 0.389 e. The third-order valence-corrected chi connectivity index (χ3v) is 4.29. The highest BCUT2D eigenvalue weighted by Gasteiger charge is 2.34. The van der Waals surface area contributed by atoms with Crippen molar-refractivity contribution >= 4 is 0 Å². The lowest BCUT2D eigenvalue weighted by molar-refractivity contribution is -0.135. The summed E-state index contributed by atoms with van der Waals surface area (Å²) in [7, 11) is 0. The number of nitrogens with zero attached hydrogens (tertiary/aromatic N) is 1. The zero-order valence-corrected chi connectivity index (χ0v) is 12.9. The van der Waals surface area contributed by atoms with E-state index in [1.54, 1.807) is 0 Å². The highest BCUT2D eigenvalue weighted by Crippen LogP contribution is 2.42. The Morgan fingerprint density at radius 3 is 2.62 bits per heavy atom. The van der Waals surface area contributed by atoms with E-state index in [0.717, 1.165) is 29.8 Å². The molecule has 5 heteroatoms. The van der Waals surface area contributed by atoms with Gasteiger partial charge in [-0.25, -0.2) is 0 Å². The second kappa shape index (κ2) is 5.67. The molecule has 1 atom stereocenters. The van der Waals surface area contributed by atoms with Crippen LogP contribution < -0.4 is 0 Å². The van der Waals surface area contributed by atoms with E-state index in [2.05, 4.69) is 18.4 Å². The number of aromatic nitrogens is 1. The molecule has 2 nitrogen and oxygen atoms in total. The van der Waals surface area contributed by atoms with Gasteiger partial charge in [-0.2, -0.15) is 13.2 Å². The summed E-state index contributed by atoms with van der Waals surface area (Å²) in [6, 6.07) is 1.99. The van der Waals surface area contributed by atoms with Gasteiger partial charge in [0.1, 0.15) is 0 Å². The lowest BCUT2D eigenvalue weighted by Gasteiger charge is -2.34. The van der Waals surface area contributed by atoms with Gasteiger partial charge in [0.05, 0.1) is 6.10 Å². The maximum atomic E-state index is 12.2. The largest absolute Gasteiger partial charge is 0.389 e. The first-order chi connectivity index (χ1) is 9.59. The Morgan fingerprint density at radius 2 is 2.00 bits per heavy atom. The quantitative estimate of drug-likeness (QED) is 0.812. The van der Waals surface area contributed by atoms with Gasteiger partial charge in [0.15, 0.2) is 0 Å². The van der Waals surface area contributed by atoms with Gasteiger partial charge in [-0.3, -0.25) is 0 Å². The van der Waals surface area contributed by atoms with Crippen molar-refractivity contribution in [2.24, 2.45) is 5.41 Å². The molecule has 0 spiro atoms. The molecule has 1 aliphatic carbocycles. The topological polar surface area (TPSA) is 25.2 Å². The molecule has 0 bridgehead atoms. The summed E-state index contributed by atoms with van der Waals surface area (Å²) in [6.45, 7) is 6.80. The SMILES string of the molecule is Cc1cc2c(n1CCCCC(F)(F)F)CC(C)(C)CC2O. The Bertz CT molecular complexity index is 502. The summed E-state index contributed by atoms with van der Waals surface area (Å²) in [6.07, 6.45) is -2.98. The van der Waals surface area contributed by atoms with Crippen molar-refractivity contribution in [2.45, 2.75) is 71.7 Å². The van der Waals surface area contributed by atoms with Crippen molar-refractivity contribution in [2.75, 3.05) is 0 Å². The number of hydrogen-bond donors (Lipinski definition) is 1. The van der Waals surface area contributed by atoms with Gasteiger partial charge in [-0.15, -0.1) is 0 Å². The number of unbranched alkanes of at least 4 members (excludes halogenated alkanes) is 1. The second-order valence-electron chi connectivity index (χ2n) is 6.97. The standard InChI is InChI=1S/C16H24F3NO/c1-11-8-12-13(9-15(2,3)10-14(12)21)20(11)7-5-4-6-16(17,18)19/h8,14,21H,4-7,9-10H2,1-3H3. The molecule has 0 aromatic carbocycles. The number of alkyl halides is 3. The van der Waals surface area contributed by atoms with Gasteiger partial charge in [0, 0.05) is 29.9 Å². The van der Waals surface area contributed by atoms with Crippen LogP contribution >= 0.6 is 0 Å². The Kier molecular flexibility index (Phi) is 4.43. The van der Waals surface area contributed by atoms with E-state index in [9.17, 15) is 18.3 Å². The smallest absolute Gasteiger partial charge is 0.388 e. The molecule has 2 rings (SSSR count). The molecular weight excluding hydrogens is 279 g/mol. The van der Waals surface area contributed by atoms with E-state index in [4.69, 9.17) is 0 Å². The maximum absolute atomic E-state index is 12.2. The second-order valence-corrected chi connectivity index (χ2v) is 6.97. The van der Waals surface area contributed by atoms with Gasteiger partial charge in [-0.1, -0.05) is 13.8 Å². The molecule has 1 heterocycles. The molecule has 1 unspecified atom stereocenters. The van der Waals surface area contributed by atoms with Crippen LogP contribution in [-0.2, 0) is 13.0 Å². The van der Waals surface area contributed by atoms with Crippen molar-refractivity contribution < 1.29 is 18.3 Å². The summed E-state index contributed by atoms with van der Waals surface area (Å²) in [5.41, 5.74) is 3.12. The Labute approximate surface area is 124 Å². The molecule has 0 radical (unpaired) electrons. The summed E-state index contributed by atoms with van der Waals surface area (Å²) < 4.78 is 38.7. The fourth-order valence-electron chi connectivity index (χ4n) is 3.31. The molecule has 0 fully saturated rings. The number of hydrogen-bond acceptors (Lipinski definition) is 1. The van der Waals surface area contributed by atoms with Crippen molar-refractivity contribution in [1.29, 1.82) is 0 Å². The third-order valence-electron chi connectivity index (χ3n) is 4.29. The van der Waals surface area contributed by atoms with E-state index < -0.39 is 18.7 Å². The van der Waals surface area contributed by atoms with Crippen LogP contribution in [0.15, 0.2) is 6.07 Å². The molecule has 1 aromatic rings. The van der Waals surface area contributed by atoms with Crippen LogP contribution in [0.2, 0.25) is 0 Å². The number of rotatable bonds is 4. The van der Waals surface area contributed by atoms with Crippen LogP contribution in [0.5, 0.6) is 0 Å². The van der Waals surface area contributed by atoms with Crippen LogP contribution in [-0.4, -0.2) is 15.8 Å². The van der Waals surface area contributed by atoms with Crippen LogP contribution in [0, 0.1) is 12.3 Å². The van der Waals surface area contributed by atoms with E-state index in [-0.39, 0.29) is 11.8 Å². The third kappa shape index (κ3) is 4.02. The molecule has 1 aromatic heterocycles. The van der Waals surface area contributed by atoms with Crippen molar-refractivity contribution in [3.05, 3.63) is 23.0 Å². The van der Waals surface area contributed by atoms with Crippen molar-refractivity contribution in [3.8, 4) is 0 Å². The molecule has 1 aliphatic rings. The summed E-state index contributed by atoms with van der Waals surface area (Å²) >= 11 is 0. The van der Waals surface area contributed by atoms with Crippen molar-refractivity contribution in [1.82, 2.24) is 4.57 Å². The van der Waals surface area contributed by atoms with E-state index in [0.29, 0.717) is 13.0 Å². The lowest BCUT2D eigenvalue weighted by atomic mass is 9.75.